The maximum Gasteiger partial charge on any atom is 0.509 e. The molecule has 4 rings (SSSR count). The van der Waals surface area contributed by atoms with Gasteiger partial charge in [0.25, 0.3) is 0 Å². The topological polar surface area (TPSA) is 194 Å². The summed E-state index contributed by atoms with van der Waals surface area (Å²) in [5.74, 6) is -3.09. The van der Waals surface area contributed by atoms with E-state index in [2.05, 4.69) is 0 Å². The molecule has 0 amide bonds. The van der Waals surface area contributed by atoms with Gasteiger partial charge in [-0.25, -0.2) is 4.79 Å². The van der Waals surface area contributed by atoms with Crippen LogP contribution in [0.2, 0.25) is 0 Å². The molecule has 18 atom stereocenters. The van der Waals surface area contributed by atoms with Crippen molar-refractivity contribution >= 4 is 18.1 Å². The number of aliphatic hydroxyl groups is 1. The summed E-state index contributed by atoms with van der Waals surface area (Å²) >= 11 is 0. The van der Waals surface area contributed by atoms with Gasteiger partial charge in [-0.3, -0.25) is 14.5 Å². The maximum absolute atomic E-state index is 14.7. The van der Waals surface area contributed by atoms with Crippen LogP contribution in [0.15, 0.2) is 12.2 Å². The number of cyclic esters (lactones) is 1. The first-order valence-corrected chi connectivity index (χ1v) is 22.6. The van der Waals surface area contributed by atoms with Crippen molar-refractivity contribution in [3.05, 3.63) is 12.2 Å². The number of nitriles is 1. The molecule has 360 valence electrons. The Kier molecular flexibility index (Phi) is 18.4. The van der Waals surface area contributed by atoms with E-state index >= 15 is 0 Å². The number of fused-ring (bicyclic) bond motifs is 1. The molecule has 0 aromatic carbocycles. The number of allylic oxidation sites excluding steroid dienone is 1. The highest BCUT2D eigenvalue weighted by atomic mass is 16.8. The number of carbonyl (C=O) groups is 3. The first-order valence-electron chi connectivity index (χ1n) is 22.6. The number of ether oxygens (including phenoxy) is 10. The van der Waals surface area contributed by atoms with Crippen LogP contribution in [0.3, 0.4) is 0 Å². The molecule has 63 heavy (non-hydrogen) atoms. The summed E-state index contributed by atoms with van der Waals surface area (Å²) in [5.41, 5.74) is -3.83. The van der Waals surface area contributed by atoms with E-state index in [-0.39, 0.29) is 36.9 Å². The Hall–Kier alpha value is -2.92. The smallest absolute Gasteiger partial charge is 0.458 e. The van der Waals surface area contributed by atoms with Gasteiger partial charge in [0.2, 0.25) is 0 Å². The Bertz CT molecular complexity index is 1610. The number of rotatable bonds is 12. The molecule has 4 aliphatic heterocycles. The van der Waals surface area contributed by atoms with Crippen molar-refractivity contribution in [2.75, 3.05) is 41.4 Å². The second-order valence-electron chi connectivity index (χ2n) is 19.3. The molecule has 4 heterocycles. The van der Waals surface area contributed by atoms with Gasteiger partial charge in [0.05, 0.1) is 60.3 Å². The summed E-state index contributed by atoms with van der Waals surface area (Å²) in [6.07, 6.45) is -3.94. The molecule has 0 aromatic rings. The third kappa shape index (κ3) is 12.5. The summed E-state index contributed by atoms with van der Waals surface area (Å²) in [4.78, 5) is 44.2. The Morgan fingerprint density at radius 3 is 2.30 bits per heavy atom. The standard InChI is InChI=1S/C46H77N3O14/c1-16-34-46(11)39(62-43(52)63-46)30(6)49(14)25-26(2)23-44(9,53)38(61-42-37(58-32(8)50)33(48(12)13)22-27(3)56-42)28(4)36(29(5)41(51)59-34)60-35-24-45(10,54-15)40(31(7)57-35)55-21-19-17-18-20-47/h17-18,26-31,33-40,42,53H,16,19,21-25H2,1-15H3/b18-17+/t26-,27-,28+,29-,30-,31+,33+,34-,35+,36+,37-,38-,39-,40+,42+,44-,45-,46-/m1/s1. The van der Waals surface area contributed by atoms with Crippen molar-refractivity contribution < 1.29 is 66.9 Å². The van der Waals surface area contributed by atoms with Crippen LogP contribution >= 0.6 is 0 Å². The lowest BCUT2D eigenvalue weighted by molar-refractivity contribution is -0.321. The zero-order chi connectivity index (χ0) is 47.2. The highest BCUT2D eigenvalue weighted by Crippen LogP contribution is 2.42. The largest absolute Gasteiger partial charge is 0.509 e. The second-order valence-corrected chi connectivity index (χ2v) is 19.3. The zero-order valence-corrected chi connectivity index (χ0v) is 40.4. The van der Waals surface area contributed by atoms with Crippen LogP contribution in [0.5, 0.6) is 0 Å². The molecular formula is C46H77N3O14. The summed E-state index contributed by atoms with van der Waals surface area (Å²) in [7, 11) is 7.32. The van der Waals surface area contributed by atoms with Gasteiger partial charge in [0, 0.05) is 45.0 Å². The van der Waals surface area contributed by atoms with E-state index in [0.29, 0.717) is 32.4 Å². The molecule has 4 fully saturated rings. The minimum absolute atomic E-state index is 0.154. The first kappa shape index (κ1) is 52.7. The lowest BCUT2D eigenvalue weighted by Gasteiger charge is -2.49. The average Bonchev–Trinajstić information content (AvgIpc) is 3.51. The Balaban J connectivity index is 1.84. The molecule has 4 saturated heterocycles. The second kappa shape index (κ2) is 22.0. The highest BCUT2D eigenvalue weighted by molar-refractivity contribution is 5.73. The Morgan fingerprint density at radius 2 is 1.70 bits per heavy atom. The van der Waals surface area contributed by atoms with E-state index in [1.165, 1.54) is 13.0 Å². The van der Waals surface area contributed by atoms with E-state index in [0.717, 1.165) is 0 Å². The fourth-order valence-electron chi connectivity index (χ4n) is 10.3. The van der Waals surface area contributed by atoms with Crippen molar-refractivity contribution in [2.45, 2.75) is 199 Å². The minimum atomic E-state index is -1.60. The van der Waals surface area contributed by atoms with Gasteiger partial charge in [0.15, 0.2) is 30.4 Å². The highest BCUT2D eigenvalue weighted by Gasteiger charge is 2.58. The normalized spacial score (nSPS) is 43.5. The van der Waals surface area contributed by atoms with Crippen molar-refractivity contribution in [3.8, 4) is 6.07 Å². The molecule has 4 aliphatic rings. The van der Waals surface area contributed by atoms with Gasteiger partial charge >= 0.3 is 18.1 Å². The van der Waals surface area contributed by atoms with Crippen LogP contribution in [-0.4, -0.2) is 165 Å². The van der Waals surface area contributed by atoms with Gasteiger partial charge in [-0.05, 0) is 101 Å². The van der Waals surface area contributed by atoms with Crippen molar-refractivity contribution in [1.82, 2.24) is 9.80 Å². The number of hydrogen-bond donors (Lipinski definition) is 1. The van der Waals surface area contributed by atoms with E-state index in [4.69, 9.17) is 52.6 Å². The molecule has 0 aromatic heterocycles. The molecule has 17 heteroatoms. The van der Waals surface area contributed by atoms with Crippen LogP contribution in [0.4, 0.5) is 4.79 Å². The molecule has 17 nitrogen and oxygen atoms in total. The molecule has 0 radical (unpaired) electrons. The number of carbonyl (C=O) groups excluding carboxylic acids is 3. The predicted molar refractivity (Wildman–Crippen MR) is 230 cm³/mol. The summed E-state index contributed by atoms with van der Waals surface area (Å²) < 4.78 is 63.3. The van der Waals surface area contributed by atoms with Gasteiger partial charge < -0.3 is 57.4 Å². The van der Waals surface area contributed by atoms with E-state index < -0.39 is 102 Å². The lowest BCUT2D eigenvalue weighted by atomic mass is 9.77. The quantitative estimate of drug-likeness (QED) is 0.117. The monoisotopic (exact) mass is 896 g/mol. The summed E-state index contributed by atoms with van der Waals surface area (Å²) in [6.45, 7) is 20.6. The average molecular weight is 896 g/mol. The van der Waals surface area contributed by atoms with Crippen LogP contribution < -0.4 is 0 Å². The molecule has 0 unspecified atom stereocenters. The van der Waals surface area contributed by atoms with E-state index in [1.807, 2.05) is 85.5 Å². The van der Waals surface area contributed by atoms with Crippen molar-refractivity contribution in [1.29, 1.82) is 5.26 Å². The number of likely N-dealkylation sites (N-methyl/N-ethyl adjacent to an activating group) is 2. The first-order chi connectivity index (χ1) is 29.4. The fourth-order valence-corrected chi connectivity index (χ4v) is 10.3. The van der Waals surface area contributed by atoms with Gasteiger partial charge in [-0.2, -0.15) is 5.26 Å². The molecule has 0 bridgehead atoms. The van der Waals surface area contributed by atoms with Gasteiger partial charge in [0.1, 0.15) is 12.2 Å². The number of methoxy groups -OCH3 is 1. The van der Waals surface area contributed by atoms with Crippen LogP contribution in [0, 0.1) is 29.1 Å². The molecular weight excluding hydrogens is 819 g/mol. The third-order valence-electron chi connectivity index (χ3n) is 13.7. The molecule has 0 aliphatic carbocycles. The molecule has 1 N–H and O–H groups in total. The number of hydrogen-bond acceptors (Lipinski definition) is 17. The summed E-state index contributed by atoms with van der Waals surface area (Å²) in [6, 6.07) is 1.34. The Morgan fingerprint density at radius 1 is 1.02 bits per heavy atom. The fraction of sp³-hybridized carbons (Fsp3) is 0.870. The van der Waals surface area contributed by atoms with E-state index in [9.17, 15) is 19.5 Å². The third-order valence-corrected chi connectivity index (χ3v) is 13.7. The number of nitrogens with zero attached hydrogens (tertiary/aromatic N) is 3. The predicted octanol–water partition coefficient (Wildman–Crippen LogP) is 5.15. The SMILES string of the molecule is CC[C@H]1OC(=O)[C@H](C)[C@@H](O[C@H]2C[C@@](C)(OC)[C@@H](OCC/C=C/C#N)[C@H](C)O2)[C@H](C)[C@@H](O[C@@H]2O[C@H](C)C[C@H](N(C)C)[C@H]2OC(C)=O)[C@](C)(O)C[C@@H](C)CN(C)[C@H](C)[C@H]2OC(=O)O[C@@]21C. The van der Waals surface area contributed by atoms with Crippen LogP contribution in [0.25, 0.3) is 0 Å². The molecule has 0 saturated carbocycles. The summed E-state index contributed by atoms with van der Waals surface area (Å²) in [5, 5.41) is 21.8. The van der Waals surface area contributed by atoms with Crippen molar-refractivity contribution in [2.24, 2.45) is 17.8 Å². The van der Waals surface area contributed by atoms with Crippen LogP contribution in [-0.2, 0) is 57.0 Å². The maximum atomic E-state index is 14.7. The zero-order valence-electron chi connectivity index (χ0n) is 40.4. The lowest BCUT2D eigenvalue weighted by Crippen LogP contribution is -2.61. The minimum Gasteiger partial charge on any atom is -0.458 e. The van der Waals surface area contributed by atoms with E-state index in [1.54, 1.807) is 34.0 Å². The Labute approximate surface area is 375 Å². The van der Waals surface area contributed by atoms with Gasteiger partial charge in [-0.1, -0.05) is 26.8 Å². The van der Waals surface area contributed by atoms with Crippen molar-refractivity contribution in [3.63, 3.8) is 0 Å². The molecule has 0 spiro atoms. The number of esters is 2. The van der Waals surface area contributed by atoms with Gasteiger partial charge in [-0.15, -0.1) is 0 Å². The van der Waals surface area contributed by atoms with Crippen LogP contribution in [0.1, 0.15) is 108 Å².